The maximum absolute atomic E-state index is 11.4. The number of nitrogens with one attached hydrogen (secondary N) is 1. The highest BCUT2D eigenvalue weighted by Crippen LogP contribution is 2.40. The van der Waals surface area contributed by atoms with E-state index in [-0.39, 0.29) is 4.75 Å². The molecule has 1 fully saturated rings. The van der Waals surface area contributed by atoms with Crippen molar-refractivity contribution in [3.8, 4) is 0 Å². The topological polar surface area (TPSA) is 41.5 Å². The van der Waals surface area contributed by atoms with Crippen molar-refractivity contribution in [1.82, 2.24) is 5.32 Å². The van der Waals surface area contributed by atoms with Gasteiger partial charge in [0.25, 0.3) is 0 Å². The first-order valence-corrected chi connectivity index (χ1v) is 7.35. The number of aliphatic imine (C=N–C) groups is 1. The van der Waals surface area contributed by atoms with E-state index < -0.39 is 10.8 Å². The van der Waals surface area contributed by atoms with Gasteiger partial charge in [-0.1, -0.05) is 18.7 Å². The van der Waals surface area contributed by atoms with Gasteiger partial charge in [0.15, 0.2) is 5.17 Å². The summed E-state index contributed by atoms with van der Waals surface area (Å²) in [6.45, 7) is 3.91. The fourth-order valence-corrected chi connectivity index (χ4v) is 3.30. The molecule has 0 aromatic rings. The minimum absolute atomic E-state index is 0.0644. The Morgan fingerprint density at radius 1 is 1.71 bits per heavy atom. The minimum Gasteiger partial charge on any atom is -0.363 e. The van der Waals surface area contributed by atoms with Crippen LogP contribution in [-0.2, 0) is 10.8 Å². The molecule has 1 aliphatic heterocycles. The highest BCUT2D eigenvalue weighted by molar-refractivity contribution is 8.14. The number of thioether (sulfide) groups is 1. The molecule has 0 spiro atoms. The summed E-state index contributed by atoms with van der Waals surface area (Å²) in [5, 5.41) is 4.95. The second-order valence-corrected chi connectivity index (χ2v) is 7.27. The number of hydrogen-bond donors (Lipinski definition) is 1. The van der Waals surface area contributed by atoms with Gasteiger partial charge in [-0.3, -0.25) is 9.20 Å². The predicted molar refractivity (Wildman–Crippen MR) is 63.4 cm³/mol. The predicted octanol–water partition coefficient (Wildman–Crippen LogP) is 0.978. The van der Waals surface area contributed by atoms with Crippen LogP contribution in [-0.4, -0.2) is 38.7 Å². The van der Waals surface area contributed by atoms with Gasteiger partial charge in [-0.05, 0) is 12.8 Å². The Kier molecular flexibility index (Phi) is 2.88. The molecule has 0 aromatic heterocycles. The van der Waals surface area contributed by atoms with E-state index in [4.69, 9.17) is 0 Å². The molecular weight excluding hydrogens is 216 g/mol. The van der Waals surface area contributed by atoms with Crippen molar-refractivity contribution >= 4 is 27.7 Å². The molecule has 2 atom stereocenters. The molecule has 1 heterocycles. The molecule has 0 radical (unpaired) electrons. The van der Waals surface area contributed by atoms with Crippen LogP contribution in [0.15, 0.2) is 4.99 Å². The smallest absolute Gasteiger partial charge is 0.156 e. The lowest BCUT2D eigenvalue weighted by molar-refractivity contribution is 0.666. The average Bonchev–Trinajstić information content (AvgIpc) is 2.82. The molecule has 1 aliphatic carbocycles. The largest absolute Gasteiger partial charge is 0.363 e. The first-order chi connectivity index (χ1) is 6.62. The van der Waals surface area contributed by atoms with Gasteiger partial charge in [-0.25, -0.2) is 0 Å². The summed E-state index contributed by atoms with van der Waals surface area (Å²) in [4.78, 5) is 4.38. The number of nitrogens with zero attached hydrogens (tertiary/aromatic N) is 1. The third-order valence-corrected chi connectivity index (χ3v) is 5.60. The quantitative estimate of drug-likeness (QED) is 0.788. The van der Waals surface area contributed by atoms with Gasteiger partial charge in [0.1, 0.15) is 0 Å². The Hall–Kier alpha value is -0.0300. The van der Waals surface area contributed by atoms with Crippen molar-refractivity contribution in [2.45, 2.75) is 29.8 Å². The lowest BCUT2D eigenvalue weighted by atomic mass is 10.4. The molecule has 80 valence electrons. The van der Waals surface area contributed by atoms with E-state index in [0.717, 1.165) is 31.1 Å². The Morgan fingerprint density at radius 2 is 2.43 bits per heavy atom. The number of amidine groups is 1. The summed E-state index contributed by atoms with van der Waals surface area (Å²) in [5.74, 6) is 0. The van der Waals surface area contributed by atoms with E-state index in [1.807, 2.05) is 0 Å². The van der Waals surface area contributed by atoms with Crippen LogP contribution in [0.5, 0.6) is 0 Å². The summed E-state index contributed by atoms with van der Waals surface area (Å²) in [6.07, 6.45) is 3.99. The first kappa shape index (κ1) is 10.5. The monoisotopic (exact) mass is 232 g/mol. The van der Waals surface area contributed by atoms with Gasteiger partial charge in [0.2, 0.25) is 0 Å². The van der Waals surface area contributed by atoms with Crippen molar-refractivity contribution in [3.63, 3.8) is 0 Å². The molecule has 3 nitrogen and oxygen atoms in total. The normalized spacial score (nSPS) is 31.0. The maximum atomic E-state index is 11.4. The SMILES string of the molecule is CC1CN=C(NCC2(S(C)=O)CC2)S1. The molecular formula is C9H16N2OS2. The highest BCUT2D eigenvalue weighted by Gasteiger charge is 2.46. The molecule has 14 heavy (non-hydrogen) atoms. The minimum atomic E-state index is -0.700. The van der Waals surface area contributed by atoms with Gasteiger partial charge in [0, 0.05) is 28.9 Å². The molecule has 1 saturated carbocycles. The molecule has 0 saturated heterocycles. The third kappa shape index (κ3) is 2.14. The van der Waals surface area contributed by atoms with Crippen LogP contribution in [0.2, 0.25) is 0 Å². The van der Waals surface area contributed by atoms with E-state index in [2.05, 4.69) is 17.2 Å². The van der Waals surface area contributed by atoms with Crippen LogP contribution in [0.25, 0.3) is 0 Å². The molecule has 2 rings (SSSR count). The molecule has 0 aromatic carbocycles. The fourth-order valence-electron chi connectivity index (χ4n) is 1.52. The first-order valence-electron chi connectivity index (χ1n) is 4.91. The number of hydrogen-bond acceptors (Lipinski definition) is 4. The van der Waals surface area contributed by atoms with E-state index in [9.17, 15) is 4.21 Å². The zero-order valence-corrected chi connectivity index (χ0v) is 10.2. The molecule has 2 aliphatic rings. The zero-order valence-electron chi connectivity index (χ0n) is 8.58. The maximum Gasteiger partial charge on any atom is 0.156 e. The third-order valence-electron chi connectivity index (χ3n) is 2.78. The lowest BCUT2D eigenvalue weighted by Gasteiger charge is -2.13. The Morgan fingerprint density at radius 3 is 2.86 bits per heavy atom. The Labute approximate surface area is 91.6 Å². The van der Waals surface area contributed by atoms with E-state index >= 15 is 0 Å². The Bertz CT molecular complexity index is 287. The van der Waals surface area contributed by atoms with Crippen molar-refractivity contribution in [1.29, 1.82) is 0 Å². The molecule has 2 unspecified atom stereocenters. The van der Waals surface area contributed by atoms with Gasteiger partial charge in [-0.15, -0.1) is 0 Å². The van der Waals surface area contributed by atoms with Crippen molar-refractivity contribution in [2.24, 2.45) is 4.99 Å². The zero-order chi connectivity index (χ0) is 10.2. The van der Waals surface area contributed by atoms with Crippen LogP contribution in [0.1, 0.15) is 19.8 Å². The van der Waals surface area contributed by atoms with Gasteiger partial charge in [0.05, 0.1) is 11.3 Å². The second-order valence-electron chi connectivity index (χ2n) is 4.06. The summed E-state index contributed by atoms with van der Waals surface area (Å²) in [5.41, 5.74) is 0. The molecule has 5 heteroatoms. The van der Waals surface area contributed by atoms with Crippen molar-refractivity contribution in [2.75, 3.05) is 19.3 Å². The van der Waals surface area contributed by atoms with Gasteiger partial charge >= 0.3 is 0 Å². The molecule has 0 bridgehead atoms. The van der Waals surface area contributed by atoms with Crippen molar-refractivity contribution in [3.05, 3.63) is 0 Å². The number of rotatable bonds is 3. The van der Waals surface area contributed by atoms with E-state index in [1.54, 1.807) is 18.0 Å². The van der Waals surface area contributed by atoms with E-state index in [0.29, 0.717) is 5.25 Å². The molecule has 1 N–H and O–H groups in total. The summed E-state index contributed by atoms with van der Waals surface area (Å²) in [6, 6.07) is 0. The Balaban J connectivity index is 1.81. The fraction of sp³-hybridized carbons (Fsp3) is 0.889. The standard InChI is InChI=1S/C9H16N2OS2/c1-7-5-10-8(13-7)11-6-9(3-4-9)14(2)12/h7H,3-6H2,1-2H3,(H,10,11). The van der Waals surface area contributed by atoms with Crippen LogP contribution >= 0.6 is 11.8 Å². The van der Waals surface area contributed by atoms with E-state index in [1.165, 1.54) is 0 Å². The second kappa shape index (κ2) is 3.85. The van der Waals surface area contributed by atoms with Gasteiger partial charge < -0.3 is 5.32 Å². The van der Waals surface area contributed by atoms with Crippen LogP contribution in [0.3, 0.4) is 0 Å². The highest BCUT2D eigenvalue weighted by atomic mass is 32.2. The summed E-state index contributed by atoms with van der Waals surface area (Å²) in [7, 11) is -0.700. The summed E-state index contributed by atoms with van der Waals surface area (Å²) < 4.78 is 11.5. The summed E-state index contributed by atoms with van der Waals surface area (Å²) >= 11 is 1.79. The lowest BCUT2D eigenvalue weighted by Crippen LogP contribution is -2.34. The van der Waals surface area contributed by atoms with Gasteiger partial charge in [-0.2, -0.15) is 0 Å². The average molecular weight is 232 g/mol. The van der Waals surface area contributed by atoms with Crippen molar-refractivity contribution < 1.29 is 4.21 Å². The molecule has 0 amide bonds. The van der Waals surface area contributed by atoms with Crippen LogP contribution in [0.4, 0.5) is 0 Å². The van der Waals surface area contributed by atoms with Crippen LogP contribution in [0, 0.1) is 0 Å². The van der Waals surface area contributed by atoms with Crippen LogP contribution < -0.4 is 5.32 Å².